The van der Waals surface area contributed by atoms with Gasteiger partial charge in [0.05, 0.1) is 18.8 Å². The zero-order valence-corrected chi connectivity index (χ0v) is 17.8. The molecule has 1 aromatic heterocycles. The molecule has 1 aliphatic rings. The van der Waals surface area contributed by atoms with Gasteiger partial charge in [0.2, 0.25) is 0 Å². The molecule has 0 spiro atoms. The van der Waals surface area contributed by atoms with Crippen molar-refractivity contribution in [2.24, 2.45) is 0 Å². The quantitative estimate of drug-likeness (QED) is 0.734. The molecule has 0 bridgehead atoms. The lowest BCUT2D eigenvalue weighted by Gasteiger charge is -2.35. The summed E-state index contributed by atoms with van der Waals surface area (Å²) in [5.74, 6) is -0.233. The molecule has 1 unspecified atom stereocenters. The standard InChI is InChI=1S/C19H23ClN2O5S/c1-5-14-10-22(15-9-13(20)7-8-16(15)27-14)28(24,25)18-12(4)21-11(3)17(18)19(23)26-6-2/h7-9,14,21H,5-6,10H2,1-4H3. The SMILES string of the molecule is CCOC(=O)c1c(C)[nH]c(C)c1S(=O)(=O)N1CC(CC)Oc2ccc(Cl)cc21. The van der Waals surface area contributed by atoms with Gasteiger partial charge in [-0.05, 0) is 45.4 Å². The van der Waals surface area contributed by atoms with Gasteiger partial charge in [-0.25, -0.2) is 13.2 Å². The van der Waals surface area contributed by atoms with Crippen LogP contribution >= 0.6 is 11.6 Å². The number of benzene rings is 1. The summed E-state index contributed by atoms with van der Waals surface area (Å²) < 4.78 is 39.6. The van der Waals surface area contributed by atoms with E-state index in [9.17, 15) is 13.2 Å². The van der Waals surface area contributed by atoms with E-state index in [4.69, 9.17) is 21.1 Å². The molecular weight excluding hydrogens is 404 g/mol. The summed E-state index contributed by atoms with van der Waals surface area (Å²) >= 11 is 6.11. The van der Waals surface area contributed by atoms with Crippen LogP contribution in [0.3, 0.4) is 0 Å². The summed E-state index contributed by atoms with van der Waals surface area (Å²) in [6, 6.07) is 4.86. The number of halogens is 1. The Hall–Kier alpha value is -2.19. The maximum atomic E-state index is 13.7. The van der Waals surface area contributed by atoms with Crippen molar-refractivity contribution in [3.63, 3.8) is 0 Å². The van der Waals surface area contributed by atoms with E-state index in [1.165, 1.54) is 4.31 Å². The van der Waals surface area contributed by atoms with E-state index in [1.54, 1.807) is 39.0 Å². The maximum Gasteiger partial charge on any atom is 0.341 e. The van der Waals surface area contributed by atoms with Crippen LogP contribution in [0.4, 0.5) is 5.69 Å². The summed E-state index contributed by atoms with van der Waals surface area (Å²) in [6.45, 7) is 7.14. The van der Waals surface area contributed by atoms with Gasteiger partial charge in [0, 0.05) is 16.4 Å². The summed E-state index contributed by atoms with van der Waals surface area (Å²) in [6.07, 6.45) is 0.319. The number of H-pyrrole nitrogens is 1. The molecule has 0 radical (unpaired) electrons. The lowest BCUT2D eigenvalue weighted by Crippen LogP contribution is -2.43. The Morgan fingerprint density at radius 3 is 2.68 bits per heavy atom. The van der Waals surface area contributed by atoms with Gasteiger partial charge in [0.25, 0.3) is 10.0 Å². The molecule has 1 atom stereocenters. The molecular formula is C19H23ClN2O5S. The highest BCUT2D eigenvalue weighted by Gasteiger charge is 2.39. The zero-order chi connectivity index (χ0) is 20.6. The van der Waals surface area contributed by atoms with Crippen LogP contribution in [-0.2, 0) is 14.8 Å². The van der Waals surface area contributed by atoms with Gasteiger partial charge in [-0.1, -0.05) is 18.5 Å². The van der Waals surface area contributed by atoms with Crippen molar-refractivity contribution in [2.75, 3.05) is 17.5 Å². The molecule has 2 heterocycles. The van der Waals surface area contributed by atoms with Crippen LogP contribution in [0.5, 0.6) is 5.75 Å². The van der Waals surface area contributed by atoms with E-state index in [-0.39, 0.29) is 29.7 Å². The van der Waals surface area contributed by atoms with E-state index in [2.05, 4.69) is 4.98 Å². The fraction of sp³-hybridized carbons (Fsp3) is 0.421. The van der Waals surface area contributed by atoms with Gasteiger partial charge in [0.1, 0.15) is 22.3 Å². The number of aromatic nitrogens is 1. The van der Waals surface area contributed by atoms with Crippen LogP contribution in [0.25, 0.3) is 0 Å². The normalized spacial score (nSPS) is 16.5. The lowest BCUT2D eigenvalue weighted by molar-refractivity contribution is 0.0521. The highest BCUT2D eigenvalue weighted by atomic mass is 35.5. The molecule has 0 saturated carbocycles. The number of hydrogen-bond donors (Lipinski definition) is 1. The number of nitrogens with zero attached hydrogens (tertiary/aromatic N) is 1. The molecule has 1 N–H and O–H groups in total. The van der Waals surface area contributed by atoms with E-state index in [0.29, 0.717) is 34.3 Å². The first-order valence-corrected chi connectivity index (χ1v) is 10.9. The van der Waals surface area contributed by atoms with E-state index in [1.807, 2.05) is 6.92 Å². The summed E-state index contributed by atoms with van der Waals surface area (Å²) in [5.41, 5.74) is 1.21. The molecule has 2 aromatic rings. The number of esters is 1. The number of rotatable bonds is 5. The number of fused-ring (bicyclic) bond motifs is 1. The summed E-state index contributed by atoms with van der Waals surface area (Å²) in [5, 5.41) is 0.394. The Kier molecular flexibility index (Phi) is 5.63. The molecule has 1 aliphatic heterocycles. The number of aryl methyl sites for hydroxylation is 2. The smallest absolute Gasteiger partial charge is 0.341 e. The Balaban J connectivity index is 2.19. The second-order valence-electron chi connectivity index (χ2n) is 6.60. The average Bonchev–Trinajstić information content (AvgIpc) is 2.95. The summed E-state index contributed by atoms with van der Waals surface area (Å²) in [4.78, 5) is 15.4. The molecule has 0 saturated heterocycles. The highest BCUT2D eigenvalue weighted by molar-refractivity contribution is 7.93. The fourth-order valence-corrected chi connectivity index (χ4v) is 5.45. The Labute approximate surface area is 169 Å². The molecule has 9 heteroatoms. The number of carbonyl (C=O) groups is 1. The van der Waals surface area contributed by atoms with Crippen molar-refractivity contribution in [3.8, 4) is 5.75 Å². The summed E-state index contributed by atoms with van der Waals surface area (Å²) in [7, 11) is -4.08. The Bertz CT molecular complexity index is 1020. The number of carbonyl (C=O) groups excluding carboxylic acids is 1. The molecule has 7 nitrogen and oxygen atoms in total. The van der Waals surface area contributed by atoms with Crippen molar-refractivity contribution >= 4 is 33.3 Å². The average molecular weight is 427 g/mol. The highest BCUT2D eigenvalue weighted by Crippen LogP contribution is 2.40. The molecule has 0 fully saturated rings. The largest absolute Gasteiger partial charge is 0.486 e. The monoisotopic (exact) mass is 426 g/mol. The van der Waals surface area contributed by atoms with Gasteiger partial charge in [-0.15, -0.1) is 0 Å². The third kappa shape index (κ3) is 3.46. The Morgan fingerprint density at radius 1 is 1.32 bits per heavy atom. The first-order valence-electron chi connectivity index (χ1n) is 9.05. The number of hydrogen-bond acceptors (Lipinski definition) is 5. The topological polar surface area (TPSA) is 88.7 Å². The van der Waals surface area contributed by atoms with E-state index >= 15 is 0 Å². The predicted molar refractivity (Wildman–Crippen MR) is 107 cm³/mol. The predicted octanol–water partition coefficient (Wildman–Crippen LogP) is 3.83. The van der Waals surface area contributed by atoms with Gasteiger partial charge in [-0.2, -0.15) is 0 Å². The molecule has 1 aromatic carbocycles. The number of sulfonamides is 1. The molecule has 0 aliphatic carbocycles. The minimum Gasteiger partial charge on any atom is -0.486 e. The van der Waals surface area contributed by atoms with E-state index < -0.39 is 16.0 Å². The first-order chi connectivity index (χ1) is 13.2. The van der Waals surface area contributed by atoms with Crippen molar-refractivity contribution in [1.29, 1.82) is 0 Å². The number of aromatic amines is 1. The van der Waals surface area contributed by atoms with Crippen LogP contribution in [0.15, 0.2) is 23.1 Å². The van der Waals surface area contributed by atoms with Crippen LogP contribution in [-0.4, -0.2) is 38.6 Å². The maximum absolute atomic E-state index is 13.7. The van der Waals surface area contributed by atoms with Crippen molar-refractivity contribution in [2.45, 2.75) is 45.1 Å². The number of nitrogens with one attached hydrogen (secondary N) is 1. The van der Waals surface area contributed by atoms with Crippen LogP contribution in [0, 0.1) is 13.8 Å². The van der Waals surface area contributed by atoms with Crippen LogP contribution < -0.4 is 9.04 Å². The number of ether oxygens (including phenoxy) is 2. The van der Waals surface area contributed by atoms with Gasteiger partial charge in [-0.3, -0.25) is 4.31 Å². The van der Waals surface area contributed by atoms with Crippen molar-refractivity contribution in [1.82, 2.24) is 4.98 Å². The van der Waals surface area contributed by atoms with Crippen molar-refractivity contribution < 1.29 is 22.7 Å². The lowest BCUT2D eigenvalue weighted by atomic mass is 10.2. The minimum absolute atomic E-state index is 0.0301. The third-order valence-corrected chi connectivity index (χ3v) is 6.84. The number of anilines is 1. The molecule has 152 valence electrons. The molecule has 3 rings (SSSR count). The second-order valence-corrected chi connectivity index (χ2v) is 8.83. The van der Waals surface area contributed by atoms with Crippen LogP contribution in [0.1, 0.15) is 42.0 Å². The molecule has 0 amide bonds. The minimum atomic E-state index is -4.08. The molecule has 28 heavy (non-hydrogen) atoms. The third-order valence-electron chi connectivity index (χ3n) is 4.65. The van der Waals surface area contributed by atoms with Gasteiger partial charge >= 0.3 is 5.97 Å². The van der Waals surface area contributed by atoms with Crippen molar-refractivity contribution in [3.05, 3.63) is 40.2 Å². The van der Waals surface area contributed by atoms with Crippen LogP contribution in [0.2, 0.25) is 5.02 Å². The Morgan fingerprint density at radius 2 is 2.04 bits per heavy atom. The first kappa shape index (κ1) is 20.5. The fourth-order valence-electron chi connectivity index (χ4n) is 3.37. The second kappa shape index (κ2) is 7.67. The zero-order valence-electron chi connectivity index (χ0n) is 16.2. The van der Waals surface area contributed by atoms with E-state index in [0.717, 1.165) is 0 Å². The van der Waals surface area contributed by atoms with Gasteiger partial charge < -0.3 is 14.5 Å². The van der Waals surface area contributed by atoms with Gasteiger partial charge in [0.15, 0.2) is 0 Å².